The van der Waals surface area contributed by atoms with Crippen molar-refractivity contribution in [1.29, 1.82) is 0 Å². The van der Waals surface area contributed by atoms with E-state index in [-0.39, 0.29) is 5.56 Å². The van der Waals surface area contributed by atoms with Gasteiger partial charge in [-0.2, -0.15) is 0 Å². The molecule has 80 valence electrons. The second-order valence-electron chi connectivity index (χ2n) is 3.63. The summed E-state index contributed by atoms with van der Waals surface area (Å²) in [5, 5.41) is 8.86. The Morgan fingerprint density at radius 3 is 2.44 bits per heavy atom. The fourth-order valence-electron chi connectivity index (χ4n) is 1.46. The van der Waals surface area contributed by atoms with Gasteiger partial charge < -0.3 is 5.11 Å². The summed E-state index contributed by atoms with van der Waals surface area (Å²) in [5.41, 5.74) is 3.17. The number of carboxylic acid groups (broad SMARTS) is 1. The maximum Gasteiger partial charge on any atom is 0.337 e. The van der Waals surface area contributed by atoms with Gasteiger partial charge in [0.1, 0.15) is 0 Å². The minimum absolute atomic E-state index is 0.207. The molecule has 3 heteroatoms. The zero-order valence-electron chi connectivity index (χ0n) is 8.84. The zero-order chi connectivity index (χ0) is 11.5. The second kappa shape index (κ2) is 4.14. The Kier molecular flexibility index (Phi) is 2.68. The maximum atomic E-state index is 10.8. The number of carboxylic acids is 1. The molecule has 0 atom stereocenters. The van der Waals surface area contributed by atoms with Crippen molar-refractivity contribution in [3.05, 3.63) is 53.9 Å². The van der Waals surface area contributed by atoms with Crippen LogP contribution in [0.5, 0.6) is 0 Å². The molecule has 0 fully saturated rings. The molecule has 2 rings (SSSR count). The lowest BCUT2D eigenvalue weighted by Crippen LogP contribution is -1.97. The minimum Gasteiger partial charge on any atom is -0.478 e. The highest BCUT2D eigenvalue weighted by Crippen LogP contribution is 2.19. The van der Waals surface area contributed by atoms with Crippen LogP contribution in [0.4, 0.5) is 0 Å². The third kappa shape index (κ3) is 2.08. The number of pyridine rings is 1. The van der Waals surface area contributed by atoms with Gasteiger partial charge >= 0.3 is 5.97 Å². The number of nitrogens with zero attached hydrogens (tertiary/aromatic N) is 1. The highest BCUT2D eigenvalue weighted by atomic mass is 16.4. The van der Waals surface area contributed by atoms with Gasteiger partial charge in [0.2, 0.25) is 0 Å². The predicted octanol–water partition coefficient (Wildman–Crippen LogP) is 2.76. The zero-order valence-corrected chi connectivity index (χ0v) is 8.84. The highest BCUT2D eigenvalue weighted by molar-refractivity contribution is 5.88. The van der Waals surface area contributed by atoms with Crippen molar-refractivity contribution in [2.24, 2.45) is 0 Å². The van der Waals surface area contributed by atoms with Gasteiger partial charge in [0.25, 0.3) is 0 Å². The number of benzene rings is 1. The third-order valence-electron chi connectivity index (χ3n) is 2.37. The maximum absolute atomic E-state index is 10.8. The first-order valence-corrected chi connectivity index (χ1v) is 4.92. The van der Waals surface area contributed by atoms with Gasteiger partial charge in [-0.15, -0.1) is 0 Å². The molecule has 0 saturated heterocycles. The number of hydrogen-bond donors (Lipinski definition) is 1. The molecule has 0 aliphatic heterocycles. The number of aromatic carboxylic acids is 1. The Labute approximate surface area is 93.4 Å². The summed E-state index contributed by atoms with van der Waals surface area (Å²) in [6, 6.07) is 9.52. The fourth-order valence-corrected chi connectivity index (χ4v) is 1.46. The Bertz CT molecular complexity index is 518. The van der Waals surface area contributed by atoms with E-state index in [0.717, 1.165) is 11.1 Å². The summed E-state index contributed by atoms with van der Waals surface area (Å²) >= 11 is 0. The molecule has 0 unspecified atom stereocenters. The Morgan fingerprint density at radius 1 is 1.12 bits per heavy atom. The molecule has 0 aliphatic carbocycles. The molecule has 1 N–H and O–H groups in total. The first-order valence-electron chi connectivity index (χ1n) is 4.92. The molecule has 0 radical (unpaired) electrons. The second-order valence-corrected chi connectivity index (χ2v) is 3.63. The van der Waals surface area contributed by atoms with Crippen LogP contribution in [-0.4, -0.2) is 16.1 Å². The van der Waals surface area contributed by atoms with Crippen LogP contribution in [0.2, 0.25) is 0 Å². The van der Waals surface area contributed by atoms with Crippen molar-refractivity contribution < 1.29 is 9.90 Å². The molecule has 16 heavy (non-hydrogen) atoms. The summed E-state index contributed by atoms with van der Waals surface area (Å²) in [6.45, 7) is 2.01. The van der Waals surface area contributed by atoms with E-state index in [9.17, 15) is 4.79 Å². The van der Waals surface area contributed by atoms with Gasteiger partial charge in [-0.3, -0.25) is 4.98 Å². The average Bonchev–Trinajstić information content (AvgIpc) is 2.30. The minimum atomic E-state index is -0.957. The van der Waals surface area contributed by atoms with E-state index < -0.39 is 5.97 Å². The van der Waals surface area contributed by atoms with E-state index >= 15 is 0 Å². The fraction of sp³-hybridized carbons (Fsp3) is 0.0769. The molecule has 0 spiro atoms. The standard InChI is InChI=1S/C13H11NO2/c1-9-2-4-10(5-3-9)11-6-12(13(15)16)8-14-7-11/h2-8H,1H3,(H,15,16). The number of aryl methyl sites for hydroxylation is 1. The summed E-state index contributed by atoms with van der Waals surface area (Å²) in [4.78, 5) is 14.7. The van der Waals surface area contributed by atoms with E-state index in [1.165, 1.54) is 11.8 Å². The molecular formula is C13H11NO2. The lowest BCUT2D eigenvalue weighted by atomic mass is 10.0. The third-order valence-corrected chi connectivity index (χ3v) is 2.37. The predicted molar refractivity (Wildman–Crippen MR) is 61.4 cm³/mol. The van der Waals surface area contributed by atoms with Gasteiger partial charge in [-0.1, -0.05) is 29.8 Å². The molecule has 1 aromatic carbocycles. The van der Waals surface area contributed by atoms with Crippen LogP contribution in [0.1, 0.15) is 15.9 Å². The molecule has 3 nitrogen and oxygen atoms in total. The molecule has 1 aromatic heterocycles. The number of aromatic nitrogens is 1. The van der Waals surface area contributed by atoms with Crippen molar-refractivity contribution in [3.63, 3.8) is 0 Å². The van der Waals surface area contributed by atoms with Crippen molar-refractivity contribution >= 4 is 5.97 Å². The van der Waals surface area contributed by atoms with Gasteiger partial charge in [0, 0.05) is 18.0 Å². The first-order chi connectivity index (χ1) is 7.66. The van der Waals surface area contributed by atoms with Gasteiger partial charge in [-0.25, -0.2) is 4.79 Å². The molecule has 0 bridgehead atoms. The lowest BCUT2D eigenvalue weighted by Gasteiger charge is -2.02. The Morgan fingerprint density at radius 2 is 1.81 bits per heavy atom. The summed E-state index contributed by atoms with van der Waals surface area (Å²) < 4.78 is 0. The van der Waals surface area contributed by atoms with Crippen molar-refractivity contribution in [1.82, 2.24) is 4.98 Å². The monoisotopic (exact) mass is 213 g/mol. The SMILES string of the molecule is Cc1ccc(-c2cncc(C(=O)O)c2)cc1. The highest BCUT2D eigenvalue weighted by Gasteiger charge is 2.05. The normalized spacial score (nSPS) is 10.1. The summed E-state index contributed by atoms with van der Waals surface area (Å²) in [7, 11) is 0. The van der Waals surface area contributed by atoms with Crippen molar-refractivity contribution in [3.8, 4) is 11.1 Å². The van der Waals surface area contributed by atoms with Gasteiger partial charge in [0.05, 0.1) is 5.56 Å². The summed E-state index contributed by atoms with van der Waals surface area (Å²) in [6.07, 6.45) is 3.01. The molecule has 1 heterocycles. The molecular weight excluding hydrogens is 202 g/mol. The quantitative estimate of drug-likeness (QED) is 0.834. The van der Waals surface area contributed by atoms with Crippen LogP contribution >= 0.6 is 0 Å². The number of rotatable bonds is 2. The van der Waals surface area contributed by atoms with E-state index in [0.29, 0.717) is 0 Å². The van der Waals surface area contributed by atoms with Crippen LogP contribution in [-0.2, 0) is 0 Å². The van der Waals surface area contributed by atoms with Crippen molar-refractivity contribution in [2.45, 2.75) is 6.92 Å². The largest absolute Gasteiger partial charge is 0.478 e. The number of hydrogen-bond acceptors (Lipinski definition) is 2. The van der Waals surface area contributed by atoms with Crippen LogP contribution in [0.25, 0.3) is 11.1 Å². The Balaban J connectivity index is 2.44. The molecule has 0 amide bonds. The van der Waals surface area contributed by atoms with Gasteiger partial charge in [0.15, 0.2) is 0 Å². The van der Waals surface area contributed by atoms with E-state index in [4.69, 9.17) is 5.11 Å². The van der Waals surface area contributed by atoms with E-state index in [1.807, 2.05) is 31.2 Å². The van der Waals surface area contributed by atoms with Gasteiger partial charge in [-0.05, 0) is 18.6 Å². The van der Waals surface area contributed by atoms with Crippen molar-refractivity contribution in [2.75, 3.05) is 0 Å². The summed E-state index contributed by atoms with van der Waals surface area (Å²) in [5.74, 6) is -0.957. The average molecular weight is 213 g/mol. The lowest BCUT2D eigenvalue weighted by molar-refractivity contribution is 0.0696. The molecule has 0 aliphatic rings. The molecule has 2 aromatic rings. The van der Waals surface area contributed by atoms with E-state index in [1.54, 1.807) is 12.3 Å². The van der Waals surface area contributed by atoms with Crippen LogP contribution in [0.15, 0.2) is 42.7 Å². The first kappa shape index (κ1) is 10.4. The molecule has 0 saturated carbocycles. The van der Waals surface area contributed by atoms with E-state index in [2.05, 4.69) is 4.98 Å². The Hall–Kier alpha value is -2.16. The van der Waals surface area contributed by atoms with Crippen LogP contribution in [0.3, 0.4) is 0 Å². The number of carbonyl (C=O) groups is 1. The smallest absolute Gasteiger partial charge is 0.337 e. The van der Waals surface area contributed by atoms with Crippen LogP contribution < -0.4 is 0 Å². The topological polar surface area (TPSA) is 50.2 Å². The van der Waals surface area contributed by atoms with Crippen LogP contribution in [0, 0.1) is 6.92 Å².